The number of amides is 1. The minimum Gasteiger partial charge on any atom is -0.481 e. The van der Waals surface area contributed by atoms with Crippen molar-refractivity contribution in [3.05, 3.63) is 17.8 Å². The Hall–Kier alpha value is -2.22. The Balaban J connectivity index is 1.72. The second kappa shape index (κ2) is 7.12. The highest BCUT2D eigenvalue weighted by molar-refractivity contribution is 7.16. The molecular formula is C16H20N4O3S. The molecule has 7 nitrogen and oxygen atoms in total. The molecule has 2 unspecified atom stereocenters. The number of carboxylic acids is 1. The van der Waals surface area contributed by atoms with Crippen LogP contribution in [0.15, 0.2) is 17.8 Å². The molecule has 0 radical (unpaired) electrons. The molecule has 2 aromatic rings. The van der Waals surface area contributed by atoms with Crippen molar-refractivity contribution in [1.82, 2.24) is 15.3 Å². The van der Waals surface area contributed by atoms with E-state index in [1.807, 2.05) is 23.3 Å². The summed E-state index contributed by atoms with van der Waals surface area (Å²) in [4.78, 5) is 34.9. The van der Waals surface area contributed by atoms with Crippen LogP contribution in [0.25, 0.3) is 10.2 Å². The lowest BCUT2D eigenvalue weighted by atomic mass is 10.1. The van der Waals surface area contributed by atoms with Gasteiger partial charge < -0.3 is 15.3 Å². The minimum atomic E-state index is -0.848. The SMILES string of the molecule is CC(CCC(=O)O)NC(=O)C1CCCN1c1ncnc2sccc12. The monoisotopic (exact) mass is 348 g/mol. The molecule has 128 valence electrons. The Kier molecular flexibility index (Phi) is 4.94. The van der Waals surface area contributed by atoms with Gasteiger partial charge in [0.15, 0.2) is 0 Å². The summed E-state index contributed by atoms with van der Waals surface area (Å²) < 4.78 is 0. The minimum absolute atomic E-state index is 0.0528. The molecule has 3 rings (SSSR count). The van der Waals surface area contributed by atoms with E-state index in [9.17, 15) is 9.59 Å². The molecule has 2 N–H and O–H groups in total. The lowest BCUT2D eigenvalue weighted by Crippen LogP contribution is -2.46. The molecule has 3 heterocycles. The first-order chi connectivity index (χ1) is 11.6. The number of rotatable bonds is 6. The van der Waals surface area contributed by atoms with Crippen LogP contribution in [0, 0.1) is 0 Å². The fraction of sp³-hybridized carbons (Fsp3) is 0.500. The highest BCUT2D eigenvalue weighted by atomic mass is 32.1. The number of thiophene rings is 1. The fourth-order valence-electron chi connectivity index (χ4n) is 3.05. The number of carbonyl (C=O) groups excluding carboxylic acids is 1. The van der Waals surface area contributed by atoms with Gasteiger partial charge >= 0.3 is 5.97 Å². The Labute approximate surface area is 143 Å². The highest BCUT2D eigenvalue weighted by Crippen LogP contribution is 2.31. The van der Waals surface area contributed by atoms with Crippen LogP contribution in [0.3, 0.4) is 0 Å². The molecule has 1 aliphatic rings. The van der Waals surface area contributed by atoms with E-state index in [4.69, 9.17) is 5.11 Å². The number of hydrogen-bond acceptors (Lipinski definition) is 6. The number of anilines is 1. The molecule has 0 bridgehead atoms. The first-order valence-corrected chi connectivity index (χ1v) is 8.91. The topological polar surface area (TPSA) is 95.4 Å². The van der Waals surface area contributed by atoms with Crippen molar-refractivity contribution < 1.29 is 14.7 Å². The summed E-state index contributed by atoms with van der Waals surface area (Å²) in [6, 6.07) is 1.55. The predicted octanol–water partition coefficient (Wildman–Crippen LogP) is 2.03. The van der Waals surface area contributed by atoms with Crippen molar-refractivity contribution in [3.63, 3.8) is 0 Å². The first kappa shape index (κ1) is 16.6. The summed E-state index contributed by atoms with van der Waals surface area (Å²) in [7, 11) is 0. The van der Waals surface area contributed by atoms with E-state index in [1.54, 1.807) is 11.3 Å². The van der Waals surface area contributed by atoms with Gasteiger partial charge in [0.1, 0.15) is 23.0 Å². The summed E-state index contributed by atoms with van der Waals surface area (Å²) in [5.74, 6) is -0.108. The van der Waals surface area contributed by atoms with E-state index in [0.29, 0.717) is 6.42 Å². The van der Waals surface area contributed by atoms with Gasteiger partial charge in [0.25, 0.3) is 0 Å². The molecule has 1 fully saturated rings. The van der Waals surface area contributed by atoms with Gasteiger partial charge in [-0.1, -0.05) is 0 Å². The predicted molar refractivity (Wildman–Crippen MR) is 92.3 cm³/mol. The van der Waals surface area contributed by atoms with E-state index >= 15 is 0 Å². The van der Waals surface area contributed by atoms with Gasteiger partial charge in [0.05, 0.1) is 5.39 Å². The molecule has 2 atom stereocenters. The van der Waals surface area contributed by atoms with E-state index < -0.39 is 5.97 Å². The summed E-state index contributed by atoms with van der Waals surface area (Å²) >= 11 is 1.56. The number of fused-ring (bicyclic) bond motifs is 1. The molecule has 0 aromatic carbocycles. The van der Waals surface area contributed by atoms with Crippen molar-refractivity contribution in [2.24, 2.45) is 0 Å². The van der Waals surface area contributed by atoms with Crippen LogP contribution < -0.4 is 10.2 Å². The zero-order valence-corrected chi connectivity index (χ0v) is 14.3. The molecule has 24 heavy (non-hydrogen) atoms. The largest absolute Gasteiger partial charge is 0.481 e. The van der Waals surface area contributed by atoms with Gasteiger partial charge in [0, 0.05) is 19.0 Å². The number of hydrogen-bond donors (Lipinski definition) is 2. The van der Waals surface area contributed by atoms with E-state index in [1.165, 1.54) is 6.33 Å². The van der Waals surface area contributed by atoms with Gasteiger partial charge in [-0.05, 0) is 37.6 Å². The molecule has 0 aliphatic carbocycles. The first-order valence-electron chi connectivity index (χ1n) is 8.03. The Bertz CT molecular complexity index is 748. The molecule has 2 aromatic heterocycles. The van der Waals surface area contributed by atoms with E-state index in [0.717, 1.165) is 35.4 Å². The van der Waals surface area contributed by atoms with E-state index in [-0.39, 0.29) is 24.4 Å². The number of aliphatic carboxylic acids is 1. The maximum Gasteiger partial charge on any atom is 0.303 e. The standard InChI is InChI=1S/C16H20N4O3S/c1-10(4-5-13(21)22)19-15(23)12-3-2-7-20(12)14-11-6-8-24-16(11)18-9-17-14/h6,8-10,12H,2-5,7H2,1H3,(H,19,23)(H,21,22). The molecule has 1 saturated heterocycles. The van der Waals surface area contributed by atoms with E-state index in [2.05, 4.69) is 15.3 Å². The van der Waals surface area contributed by atoms with Crippen LogP contribution >= 0.6 is 11.3 Å². The number of nitrogens with zero attached hydrogens (tertiary/aromatic N) is 3. The summed E-state index contributed by atoms with van der Waals surface area (Å²) in [6.45, 7) is 2.62. The lowest BCUT2D eigenvalue weighted by molar-refractivity contribution is -0.137. The second-order valence-corrected chi connectivity index (χ2v) is 6.92. The van der Waals surface area contributed by atoms with Crippen molar-refractivity contribution in [2.45, 2.75) is 44.7 Å². The van der Waals surface area contributed by atoms with Crippen LogP contribution in [0.2, 0.25) is 0 Å². The third-order valence-corrected chi connectivity index (χ3v) is 5.07. The molecule has 0 spiro atoms. The van der Waals surface area contributed by atoms with Crippen LogP contribution in [-0.4, -0.2) is 45.6 Å². The average Bonchev–Trinajstić information content (AvgIpc) is 3.21. The van der Waals surface area contributed by atoms with Gasteiger partial charge in [-0.2, -0.15) is 0 Å². The number of carbonyl (C=O) groups is 2. The van der Waals surface area contributed by atoms with Gasteiger partial charge in [0.2, 0.25) is 5.91 Å². The fourth-order valence-corrected chi connectivity index (χ4v) is 3.78. The van der Waals surface area contributed by atoms with Crippen LogP contribution in [0.4, 0.5) is 5.82 Å². The lowest BCUT2D eigenvalue weighted by Gasteiger charge is -2.26. The molecular weight excluding hydrogens is 328 g/mol. The van der Waals surface area contributed by atoms with Crippen molar-refractivity contribution >= 4 is 39.2 Å². The summed E-state index contributed by atoms with van der Waals surface area (Å²) in [5.41, 5.74) is 0. The number of carboxylic acid groups (broad SMARTS) is 1. The van der Waals surface area contributed by atoms with Gasteiger partial charge in [-0.15, -0.1) is 11.3 Å². The maximum absolute atomic E-state index is 12.6. The van der Waals surface area contributed by atoms with Crippen molar-refractivity contribution in [1.29, 1.82) is 0 Å². The molecule has 8 heteroatoms. The van der Waals surface area contributed by atoms with Crippen LogP contribution in [0.5, 0.6) is 0 Å². The normalized spacial score (nSPS) is 18.7. The smallest absolute Gasteiger partial charge is 0.303 e. The quantitative estimate of drug-likeness (QED) is 0.829. The number of aromatic nitrogens is 2. The molecule has 0 saturated carbocycles. The number of nitrogens with one attached hydrogen (secondary N) is 1. The average molecular weight is 348 g/mol. The second-order valence-electron chi connectivity index (χ2n) is 6.03. The zero-order valence-electron chi connectivity index (χ0n) is 13.4. The van der Waals surface area contributed by atoms with Crippen LogP contribution in [-0.2, 0) is 9.59 Å². The third kappa shape index (κ3) is 3.48. The molecule has 1 amide bonds. The summed E-state index contributed by atoms with van der Waals surface area (Å²) in [6.07, 6.45) is 3.72. The van der Waals surface area contributed by atoms with Crippen molar-refractivity contribution in [2.75, 3.05) is 11.4 Å². The third-order valence-electron chi connectivity index (χ3n) is 4.25. The zero-order chi connectivity index (χ0) is 17.1. The van der Waals surface area contributed by atoms with Crippen molar-refractivity contribution in [3.8, 4) is 0 Å². The Morgan fingerprint density at radius 2 is 2.33 bits per heavy atom. The Morgan fingerprint density at radius 3 is 3.12 bits per heavy atom. The van der Waals surface area contributed by atoms with Gasteiger partial charge in [-0.3, -0.25) is 9.59 Å². The molecule has 1 aliphatic heterocycles. The van der Waals surface area contributed by atoms with Crippen LogP contribution in [0.1, 0.15) is 32.6 Å². The highest BCUT2D eigenvalue weighted by Gasteiger charge is 2.33. The van der Waals surface area contributed by atoms with Gasteiger partial charge in [-0.25, -0.2) is 9.97 Å². The Morgan fingerprint density at radius 1 is 1.50 bits per heavy atom. The maximum atomic E-state index is 12.6. The summed E-state index contributed by atoms with van der Waals surface area (Å²) in [5, 5.41) is 14.6.